The molecule has 0 saturated heterocycles. The van der Waals surface area contributed by atoms with E-state index in [0.717, 1.165) is 4.52 Å². The van der Waals surface area contributed by atoms with Gasteiger partial charge < -0.3 is 5.11 Å². The predicted molar refractivity (Wildman–Crippen MR) is 35.2 cm³/mol. The fourth-order valence-electron chi connectivity index (χ4n) is 0.738. The molecule has 0 aromatic carbocycles. The number of hydrogen-bond donors (Lipinski definition) is 0. The van der Waals surface area contributed by atoms with Crippen molar-refractivity contribution in [3.8, 4) is 5.88 Å². The van der Waals surface area contributed by atoms with Crippen molar-refractivity contribution < 1.29 is 5.11 Å². The zero-order valence-electron chi connectivity index (χ0n) is 5.23. The average Bonchev–Trinajstić information content (AvgIpc) is 2.45. The second kappa shape index (κ2) is 2.06. The topological polar surface area (TPSA) is 66.1 Å². The van der Waals surface area contributed by atoms with Crippen molar-refractivity contribution >= 4 is 17.4 Å². The van der Waals surface area contributed by atoms with Crippen LogP contribution in [-0.2, 0) is 0 Å². The molecule has 2 rings (SSSR count). The minimum Gasteiger partial charge on any atom is -0.857 e. The Balaban J connectivity index is 2.93. The Morgan fingerprint density at radius 1 is 1.45 bits per heavy atom. The van der Waals surface area contributed by atoms with Crippen molar-refractivity contribution in [2.24, 2.45) is 0 Å². The first-order chi connectivity index (χ1) is 5.29. The van der Waals surface area contributed by atoms with Crippen LogP contribution < -0.4 is 5.11 Å². The van der Waals surface area contributed by atoms with E-state index in [9.17, 15) is 5.11 Å². The molecule has 0 aliphatic carbocycles. The molecule has 0 unspecified atom stereocenters. The summed E-state index contributed by atoms with van der Waals surface area (Å²) >= 11 is 5.48. The van der Waals surface area contributed by atoms with Crippen molar-refractivity contribution in [3.63, 3.8) is 0 Å². The van der Waals surface area contributed by atoms with Gasteiger partial charge in [-0.2, -0.15) is 10.1 Å². The highest BCUT2D eigenvalue weighted by Gasteiger charge is 1.98. The van der Waals surface area contributed by atoms with Gasteiger partial charge in [-0.05, 0) is 0 Å². The van der Waals surface area contributed by atoms with E-state index in [2.05, 4.69) is 15.1 Å². The van der Waals surface area contributed by atoms with Crippen LogP contribution in [0.2, 0.25) is 5.02 Å². The number of rotatable bonds is 0. The summed E-state index contributed by atoms with van der Waals surface area (Å²) in [5.41, 5.74) is 0. The molecule has 56 valence electrons. The lowest BCUT2D eigenvalue weighted by atomic mass is 10.6. The lowest BCUT2D eigenvalue weighted by Gasteiger charge is -2.07. The first kappa shape index (κ1) is 6.36. The molecular weight excluding hydrogens is 168 g/mol. The minimum absolute atomic E-state index is 0.0444. The summed E-state index contributed by atoms with van der Waals surface area (Å²) < 4.78 is 1.04. The number of fused-ring (bicyclic) bond motifs is 1. The summed E-state index contributed by atoms with van der Waals surface area (Å²) in [4.78, 5) is 7.46. The van der Waals surface area contributed by atoms with Crippen molar-refractivity contribution in [2.45, 2.75) is 0 Å². The lowest BCUT2D eigenvalue weighted by Crippen LogP contribution is -2.02. The van der Waals surface area contributed by atoms with Crippen molar-refractivity contribution in [2.75, 3.05) is 0 Å². The van der Waals surface area contributed by atoms with Crippen molar-refractivity contribution in [1.29, 1.82) is 0 Å². The molecule has 0 saturated carbocycles. The monoisotopic (exact) mass is 169 g/mol. The van der Waals surface area contributed by atoms with E-state index in [4.69, 9.17) is 11.6 Å². The van der Waals surface area contributed by atoms with Crippen LogP contribution in [0.3, 0.4) is 0 Å². The van der Waals surface area contributed by atoms with E-state index >= 15 is 0 Å². The molecule has 6 heteroatoms. The molecule has 0 spiro atoms. The van der Waals surface area contributed by atoms with Gasteiger partial charge in [0.05, 0.1) is 11.2 Å². The Kier molecular flexibility index (Phi) is 1.19. The van der Waals surface area contributed by atoms with Gasteiger partial charge in [-0.1, -0.05) is 11.6 Å². The highest BCUT2D eigenvalue weighted by atomic mass is 35.5. The Morgan fingerprint density at radius 3 is 3.09 bits per heavy atom. The molecule has 0 N–H and O–H groups in total. The van der Waals surface area contributed by atoms with Crippen LogP contribution in [0.1, 0.15) is 0 Å². The molecule has 0 aliphatic heterocycles. The fourth-order valence-corrected chi connectivity index (χ4v) is 0.866. The van der Waals surface area contributed by atoms with E-state index in [0.29, 0.717) is 0 Å². The van der Waals surface area contributed by atoms with Gasteiger partial charge in [-0.25, -0.2) is 9.50 Å². The summed E-state index contributed by atoms with van der Waals surface area (Å²) in [6.45, 7) is 0. The lowest BCUT2D eigenvalue weighted by molar-refractivity contribution is -0.277. The van der Waals surface area contributed by atoms with Crippen LogP contribution in [0.5, 0.6) is 5.88 Å². The fraction of sp³-hybridized carbons (Fsp3) is 0. The van der Waals surface area contributed by atoms with Crippen LogP contribution in [-0.4, -0.2) is 19.6 Å². The second-order valence-electron chi connectivity index (χ2n) is 1.88. The van der Waals surface area contributed by atoms with Gasteiger partial charge in [-0.15, -0.1) is 0 Å². The zero-order valence-corrected chi connectivity index (χ0v) is 5.99. The van der Waals surface area contributed by atoms with Gasteiger partial charge >= 0.3 is 0 Å². The normalized spacial score (nSPS) is 10.6. The van der Waals surface area contributed by atoms with E-state index in [1.54, 1.807) is 0 Å². The van der Waals surface area contributed by atoms with Gasteiger partial charge in [0.15, 0.2) is 0 Å². The minimum atomic E-state index is -0.394. The smallest absolute Gasteiger partial charge is 0.251 e. The van der Waals surface area contributed by atoms with E-state index < -0.39 is 5.88 Å². The molecule has 2 heterocycles. The SMILES string of the molecule is [O-]c1c(Cl)cnc2ncnn12. The highest BCUT2D eigenvalue weighted by Crippen LogP contribution is 2.17. The molecule has 5 nitrogen and oxygen atoms in total. The van der Waals surface area contributed by atoms with Gasteiger partial charge in [0.25, 0.3) is 5.78 Å². The van der Waals surface area contributed by atoms with Crippen LogP contribution in [0.15, 0.2) is 12.5 Å². The summed E-state index contributed by atoms with van der Waals surface area (Å²) in [5.74, 6) is -0.131. The number of halogens is 1. The third-order valence-corrected chi connectivity index (χ3v) is 1.48. The second-order valence-corrected chi connectivity index (χ2v) is 2.29. The highest BCUT2D eigenvalue weighted by molar-refractivity contribution is 6.31. The molecule has 0 bridgehead atoms. The summed E-state index contributed by atoms with van der Waals surface area (Å²) in [6, 6.07) is 0. The molecule has 0 fully saturated rings. The molecule has 0 aliphatic rings. The molecule has 0 radical (unpaired) electrons. The van der Waals surface area contributed by atoms with E-state index in [1.165, 1.54) is 12.5 Å². The van der Waals surface area contributed by atoms with Crippen molar-refractivity contribution in [3.05, 3.63) is 17.5 Å². The molecule has 2 aromatic rings. The van der Waals surface area contributed by atoms with Gasteiger partial charge in [0.2, 0.25) is 0 Å². The predicted octanol–water partition coefficient (Wildman–Crippen LogP) is -0.149. The molecule has 11 heavy (non-hydrogen) atoms. The number of hydrogen-bond acceptors (Lipinski definition) is 4. The van der Waals surface area contributed by atoms with Crippen molar-refractivity contribution in [1.82, 2.24) is 19.6 Å². The van der Waals surface area contributed by atoms with Crippen LogP contribution in [0.4, 0.5) is 0 Å². The average molecular weight is 170 g/mol. The zero-order chi connectivity index (χ0) is 7.84. The first-order valence-corrected chi connectivity index (χ1v) is 3.18. The van der Waals surface area contributed by atoms with Crippen LogP contribution in [0, 0.1) is 0 Å². The Morgan fingerprint density at radius 2 is 2.27 bits per heavy atom. The first-order valence-electron chi connectivity index (χ1n) is 2.80. The van der Waals surface area contributed by atoms with Gasteiger partial charge in [0.1, 0.15) is 6.33 Å². The third kappa shape index (κ3) is 0.813. The van der Waals surface area contributed by atoms with Gasteiger partial charge in [0, 0.05) is 5.88 Å². The van der Waals surface area contributed by atoms with Crippen LogP contribution >= 0.6 is 11.6 Å². The number of nitrogens with zero attached hydrogens (tertiary/aromatic N) is 4. The van der Waals surface area contributed by atoms with Gasteiger partial charge in [-0.3, -0.25) is 0 Å². The molecule has 0 atom stereocenters. The third-order valence-electron chi connectivity index (χ3n) is 1.22. The van der Waals surface area contributed by atoms with Crippen LogP contribution in [0.25, 0.3) is 5.78 Å². The maximum atomic E-state index is 11.1. The summed E-state index contributed by atoms with van der Waals surface area (Å²) in [5, 5.41) is 14.7. The Bertz CT molecular complexity index is 398. The molecular formula is C5H2ClN4O-. The Labute approximate surface area is 66.3 Å². The number of aromatic nitrogens is 4. The maximum Gasteiger partial charge on any atom is 0.251 e. The maximum absolute atomic E-state index is 11.1. The summed E-state index contributed by atoms with van der Waals surface area (Å²) in [7, 11) is 0. The Hall–Kier alpha value is -1.36. The summed E-state index contributed by atoms with van der Waals surface area (Å²) in [6.07, 6.45) is 2.51. The molecule has 2 aromatic heterocycles. The largest absolute Gasteiger partial charge is 0.857 e. The van der Waals surface area contributed by atoms with E-state index in [-0.39, 0.29) is 10.8 Å². The molecule has 0 amide bonds. The van der Waals surface area contributed by atoms with E-state index in [1.807, 2.05) is 0 Å². The quantitative estimate of drug-likeness (QED) is 0.550. The standard InChI is InChI=1S/C5H3ClN4O/c6-3-1-7-5-8-2-9-10(5)4(3)11/h1-2,11H/p-1.